The van der Waals surface area contributed by atoms with Gasteiger partial charge in [-0.2, -0.15) is 0 Å². The van der Waals surface area contributed by atoms with E-state index < -0.39 is 0 Å². The van der Waals surface area contributed by atoms with Crippen molar-refractivity contribution in [1.82, 2.24) is 4.90 Å². The van der Waals surface area contributed by atoms with Gasteiger partial charge < -0.3 is 0 Å². The fourth-order valence-corrected chi connectivity index (χ4v) is 2.64. The second-order valence-corrected chi connectivity index (χ2v) is 4.60. The Kier molecular flexibility index (Phi) is 2.26. The largest absolute Gasteiger partial charge is 0.291 e. The first kappa shape index (κ1) is 9.37. The van der Waals surface area contributed by atoms with Crippen molar-refractivity contribution in [2.45, 2.75) is 25.4 Å². The molecule has 15 heavy (non-hydrogen) atoms. The quantitative estimate of drug-likeness (QED) is 0.656. The van der Waals surface area contributed by atoms with E-state index in [4.69, 9.17) is 11.6 Å². The molecule has 3 rings (SSSR count). The molecule has 0 radical (unpaired) electrons. The van der Waals surface area contributed by atoms with Gasteiger partial charge in [0.1, 0.15) is 0 Å². The van der Waals surface area contributed by atoms with Crippen LogP contribution in [0.2, 0.25) is 5.02 Å². The van der Waals surface area contributed by atoms with Gasteiger partial charge in [0.25, 0.3) is 0 Å². The Morgan fingerprint density at radius 2 is 2.33 bits per heavy atom. The summed E-state index contributed by atoms with van der Waals surface area (Å²) in [6, 6.07) is 6.48. The molecule has 1 atom stereocenters. The molecule has 2 nitrogen and oxygen atoms in total. The molecule has 0 aromatic heterocycles. The second kappa shape index (κ2) is 3.62. The fourth-order valence-electron chi connectivity index (χ4n) is 2.41. The summed E-state index contributed by atoms with van der Waals surface area (Å²) in [5, 5.41) is 0.845. The first-order valence-corrected chi connectivity index (χ1v) is 5.78. The van der Waals surface area contributed by atoms with E-state index >= 15 is 0 Å². The third-order valence-electron chi connectivity index (χ3n) is 3.26. The molecule has 0 saturated carbocycles. The van der Waals surface area contributed by atoms with Gasteiger partial charge in [0.05, 0.1) is 5.69 Å². The Labute approximate surface area is 94.6 Å². The maximum absolute atomic E-state index is 6.20. The zero-order chi connectivity index (χ0) is 10.3. The van der Waals surface area contributed by atoms with E-state index in [0.717, 1.165) is 17.3 Å². The molecule has 0 bridgehead atoms. The molecule has 1 aromatic rings. The van der Waals surface area contributed by atoms with Crippen LogP contribution in [0.25, 0.3) is 0 Å². The number of hydrogen-bond donors (Lipinski definition) is 0. The van der Waals surface area contributed by atoms with Crippen molar-refractivity contribution >= 4 is 23.5 Å². The highest BCUT2D eigenvalue weighted by atomic mass is 35.5. The van der Waals surface area contributed by atoms with Crippen molar-refractivity contribution in [2.75, 3.05) is 6.54 Å². The first-order chi connectivity index (χ1) is 7.34. The molecule has 0 aliphatic carbocycles. The number of aliphatic imine (C=N–C) groups is 1. The molecule has 0 unspecified atom stereocenters. The van der Waals surface area contributed by atoms with Crippen LogP contribution in [0.4, 0.5) is 5.69 Å². The molecule has 1 aromatic carbocycles. The fraction of sp³-hybridized carbons (Fsp3) is 0.417. The first-order valence-electron chi connectivity index (χ1n) is 5.40. The molecule has 0 spiro atoms. The maximum atomic E-state index is 6.20. The molecule has 0 amide bonds. The third-order valence-corrected chi connectivity index (χ3v) is 3.61. The lowest BCUT2D eigenvalue weighted by Crippen LogP contribution is -2.28. The number of benzene rings is 1. The zero-order valence-corrected chi connectivity index (χ0v) is 9.24. The lowest BCUT2D eigenvalue weighted by atomic mass is 10.1. The SMILES string of the molecule is Clc1cccc2c1CN1CCC[C@H]1C=N2. The minimum Gasteiger partial charge on any atom is -0.291 e. The van der Waals surface area contributed by atoms with Gasteiger partial charge in [-0.25, -0.2) is 0 Å². The van der Waals surface area contributed by atoms with Crippen LogP contribution in [0.3, 0.4) is 0 Å². The average Bonchev–Trinajstić information content (AvgIpc) is 2.60. The molecule has 2 aliphatic rings. The summed E-state index contributed by atoms with van der Waals surface area (Å²) in [6.07, 6.45) is 4.58. The van der Waals surface area contributed by atoms with Crippen LogP contribution in [0.15, 0.2) is 23.2 Å². The highest BCUT2D eigenvalue weighted by molar-refractivity contribution is 6.31. The Bertz CT molecular complexity index is 414. The second-order valence-electron chi connectivity index (χ2n) is 4.20. The van der Waals surface area contributed by atoms with E-state index in [0.29, 0.717) is 6.04 Å². The normalized spacial score (nSPS) is 24.7. The average molecular weight is 221 g/mol. The summed E-state index contributed by atoms with van der Waals surface area (Å²) < 4.78 is 0. The predicted octanol–water partition coefficient (Wildman–Crippen LogP) is 3.02. The summed E-state index contributed by atoms with van der Waals surface area (Å²) in [5.41, 5.74) is 2.22. The Hall–Kier alpha value is -0.860. The van der Waals surface area contributed by atoms with Crippen molar-refractivity contribution in [1.29, 1.82) is 0 Å². The van der Waals surface area contributed by atoms with Crippen LogP contribution in [-0.4, -0.2) is 23.7 Å². The van der Waals surface area contributed by atoms with Crippen molar-refractivity contribution < 1.29 is 0 Å². The summed E-state index contributed by atoms with van der Waals surface area (Å²) in [5.74, 6) is 0. The minimum absolute atomic E-state index is 0.522. The topological polar surface area (TPSA) is 15.6 Å². The predicted molar refractivity (Wildman–Crippen MR) is 63.0 cm³/mol. The Balaban J connectivity index is 2.05. The van der Waals surface area contributed by atoms with Crippen LogP contribution in [0, 0.1) is 0 Å². The van der Waals surface area contributed by atoms with Crippen LogP contribution >= 0.6 is 11.6 Å². The number of halogens is 1. The van der Waals surface area contributed by atoms with Gasteiger partial charge in [-0.15, -0.1) is 0 Å². The summed E-state index contributed by atoms with van der Waals surface area (Å²) >= 11 is 6.20. The van der Waals surface area contributed by atoms with Crippen molar-refractivity contribution in [2.24, 2.45) is 4.99 Å². The van der Waals surface area contributed by atoms with Crippen molar-refractivity contribution in [3.8, 4) is 0 Å². The van der Waals surface area contributed by atoms with Crippen LogP contribution < -0.4 is 0 Å². The van der Waals surface area contributed by atoms with Crippen molar-refractivity contribution in [3.05, 3.63) is 28.8 Å². The summed E-state index contributed by atoms with van der Waals surface area (Å²) in [4.78, 5) is 7.00. The zero-order valence-electron chi connectivity index (χ0n) is 8.49. The number of hydrogen-bond acceptors (Lipinski definition) is 2. The van der Waals surface area contributed by atoms with Gasteiger partial charge in [-0.3, -0.25) is 9.89 Å². The standard InChI is InChI=1S/C12H13ClN2/c13-11-4-1-5-12-10(11)8-15-6-2-3-9(15)7-14-12/h1,4-5,7,9H,2-3,6,8H2/t9-/m0/s1. The third kappa shape index (κ3) is 1.58. The van der Waals surface area contributed by atoms with Crippen LogP contribution in [-0.2, 0) is 6.54 Å². The number of rotatable bonds is 0. The molecular formula is C12H13ClN2. The van der Waals surface area contributed by atoms with Crippen LogP contribution in [0.1, 0.15) is 18.4 Å². The molecule has 78 valence electrons. The van der Waals surface area contributed by atoms with Gasteiger partial charge >= 0.3 is 0 Å². The summed E-state index contributed by atoms with van der Waals surface area (Å²) in [6.45, 7) is 2.11. The molecule has 3 heteroatoms. The maximum Gasteiger partial charge on any atom is 0.0686 e. The molecule has 2 heterocycles. The van der Waals surface area contributed by atoms with E-state index in [2.05, 4.69) is 16.1 Å². The van der Waals surface area contributed by atoms with E-state index in [9.17, 15) is 0 Å². The summed E-state index contributed by atoms with van der Waals surface area (Å²) in [7, 11) is 0. The highest BCUT2D eigenvalue weighted by Gasteiger charge is 2.26. The molecule has 0 N–H and O–H groups in total. The Morgan fingerprint density at radius 1 is 1.40 bits per heavy atom. The lowest BCUT2D eigenvalue weighted by Gasteiger charge is -2.19. The van der Waals surface area contributed by atoms with E-state index in [1.54, 1.807) is 0 Å². The van der Waals surface area contributed by atoms with E-state index in [1.807, 2.05) is 18.2 Å². The van der Waals surface area contributed by atoms with Gasteiger partial charge in [0, 0.05) is 29.4 Å². The van der Waals surface area contributed by atoms with Gasteiger partial charge in [0.2, 0.25) is 0 Å². The van der Waals surface area contributed by atoms with Crippen LogP contribution in [0.5, 0.6) is 0 Å². The molecule has 2 aliphatic heterocycles. The van der Waals surface area contributed by atoms with E-state index in [1.165, 1.54) is 24.9 Å². The molecular weight excluding hydrogens is 208 g/mol. The highest BCUT2D eigenvalue weighted by Crippen LogP contribution is 2.32. The van der Waals surface area contributed by atoms with Gasteiger partial charge in [0.15, 0.2) is 0 Å². The smallest absolute Gasteiger partial charge is 0.0686 e. The molecule has 1 fully saturated rings. The minimum atomic E-state index is 0.522. The Morgan fingerprint density at radius 3 is 3.27 bits per heavy atom. The number of nitrogens with zero attached hydrogens (tertiary/aromatic N) is 2. The lowest BCUT2D eigenvalue weighted by molar-refractivity contribution is 0.300. The number of fused-ring (bicyclic) bond motifs is 2. The monoisotopic (exact) mass is 220 g/mol. The van der Waals surface area contributed by atoms with Gasteiger partial charge in [-0.1, -0.05) is 17.7 Å². The van der Waals surface area contributed by atoms with E-state index in [-0.39, 0.29) is 0 Å². The molecule has 1 saturated heterocycles. The van der Waals surface area contributed by atoms with Crippen molar-refractivity contribution in [3.63, 3.8) is 0 Å². The van der Waals surface area contributed by atoms with Gasteiger partial charge in [-0.05, 0) is 31.5 Å².